The zero-order chi connectivity index (χ0) is 14.7. The van der Waals surface area contributed by atoms with Crippen LogP contribution in [0.25, 0.3) is 0 Å². The van der Waals surface area contributed by atoms with Gasteiger partial charge in [-0.3, -0.25) is 0 Å². The molecular weight excluding hydrogens is 260 g/mol. The molecule has 1 aromatic carbocycles. The molecule has 2 aliphatic rings. The molecule has 1 saturated heterocycles. The summed E-state index contributed by atoms with van der Waals surface area (Å²) in [4.78, 5) is 2.44. The zero-order valence-corrected chi connectivity index (χ0v) is 13.1. The van der Waals surface area contributed by atoms with Gasteiger partial charge in [0.05, 0.1) is 6.61 Å². The van der Waals surface area contributed by atoms with Crippen molar-refractivity contribution in [1.29, 1.82) is 0 Å². The first-order valence-electron chi connectivity index (χ1n) is 8.30. The fourth-order valence-corrected chi connectivity index (χ4v) is 3.43. The Labute approximate surface area is 128 Å². The number of aliphatic hydroxyl groups excluding tert-OH is 1. The number of aliphatic hydroxyl groups is 1. The SMILES string of the molecule is CN1CCC(CNC2CC2)(Cc2cccc(CO)c2)CC1. The summed E-state index contributed by atoms with van der Waals surface area (Å²) in [7, 11) is 2.23. The van der Waals surface area contributed by atoms with E-state index in [-0.39, 0.29) is 6.61 Å². The van der Waals surface area contributed by atoms with E-state index in [0.29, 0.717) is 5.41 Å². The Morgan fingerprint density at radius 2 is 1.95 bits per heavy atom. The molecule has 0 radical (unpaired) electrons. The van der Waals surface area contributed by atoms with Crippen LogP contribution in [0, 0.1) is 5.41 Å². The van der Waals surface area contributed by atoms with Crippen molar-refractivity contribution < 1.29 is 5.11 Å². The topological polar surface area (TPSA) is 35.5 Å². The number of benzene rings is 1. The third kappa shape index (κ3) is 4.06. The summed E-state index contributed by atoms with van der Waals surface area (Å²) < 4.78 is 0. The first kappa shape index (κ1) is 15.0. The maximum atomic E-state index is 9.33. The predicted octanol–water partition coefficient (Wildman–Crippen LogP) is 2.19. The van der Waals surface area contributed by atoms with Crippen molar-refractivity contribution in [3.63, 3.8) is 0 Å². The lowest BCUT2D eigenvalue weighted by Gasteiger charge is -2.41. The van der Waals surface area contributed by atoms with Crippen LogP contribution >= 0.6 is 0 Å². The summed E-state index contributed by atoms with van der Waals surface area (Å²) in [6.07, 6.45) is 6.39. The van der Waals surface area contributed by atoms with Crippen LogP contribution < -0.4 is 5.32 Å². The number of piperidine rings is 1. The highest BCUT2D eigenvalue weighted by Crippen LogP contribution is 2.35. The molecule has 0 bridgehead atoms. The number of hydrogen-bond acceptors (Lipinski definition) is 3. The standard InChI is InChI=1S/C18H28N2O/c1-20-9-7-18(8-10-20,14-19-17-5-6-17)12-15-3-2-4-16(11-15)13-21/h2-4,11,17,19,21H,5-10,12-14H2,1H3. The maximum absolute atomic E-state index is 9.33. The van der Waals surface area contributed by atoms with Crippen LogP contribution in [0.15, 0.2) is 24.3 Å². The Morgan fingerprint density at radius 3 is 2.62 bits per heavy atom. The molecule has 0 atom stereocenters. The number of rotatable bonds is 6. The van der Waals surface area contributed by atoms with Crippen LogP contribution in [0.2, 0.25) is 0 Å². The molecule has 1 heterocycles. The quantitative estimate of drug-likeness (QED) is 0.842. The van der Waals surface area contributed by atoms with E-state index >= 15 is 0 Å². The number of hydrogen-bond donors (Lipinski definition) is 2. The molecule has 2 N–H and O–H groups in total. The van der Waals surface area contributed by atoms with Gasteiger partial charge in [0.1, 0.15) is 0 Å². The largest absolute Gasteiger partial charge is 0.392 e. The second-order valence-corrected chi connectivity index (χ2v) is 7.11. The fraction of sp³-hybridized carbons (Fsp3) is 0.667. The van der Waals surface area contributed by atoms with Crippen molar-refractivity contribution in [2.24, 2.45) is 5.41 Å². The van der Waals surface area contributed by atoms with Crippen molar-refractivity contribution in [3.8, 4) is 0 Å². The van der Waals surface area contributed by atoms with Gasteiger partial charge >= 0.3 is 0 Å². The van der Waals surface area contributed by atoms with E-state index < -0.39 is 0 Å². The molecule has 0 unspecified atom stereocenters. The lowest BCUT2D eigenvalue weighted by molar-refractivity contribution is 0.119. The van der Waals surface area contributed by atoms with Crippen LogP contribution in [-0.4, -0.2) is 42.7 Å². The van der Waals surface area contributed by atoms with E-state index in [1.807, 2.05) is 6.07 Å². The molecule has 1 aliphatic heterocycles. The minimum absolute atomic E-state index is 0.143. The van der Waals surface area contributed by atoms with Gasteiger partial charge in [-0.2, -0.15) is 0 Å². The Hall–Kier alpha value is -0.900. The Balaban J connectivity index is 1.70. The lowest BCUT2D eigenvalue weighted by atomic mass is 9.73. The van der Waals surface area contributed by atoms with Gasteiger partial charge in [-0.15, -0.1) is 0 Å². The molecule has 1 saturated carbocycles. The Kier molecular flexibility index (Phi) is 4.63. The molecule has 1 aliphatic carbocycles. The van der Waals surface area contributed by atoms with E-state index in [2.05, 4.69) is 35.5 Å². The molecule has 3 rings (SSSR count). The van der Waals surface area contributed by atoms with E-state index in [1.165, 1.54) is 44.3 Å². The van der Waals surface area contributed by atoms with Gasteiger partial charge in [0.25, 0.3) is 0 Å². The Morgan fingerprint density at radius 1 is 1.24 bits per heavy atom. The van der Waals surface area contributed by atoms with Crippen LogP contribution in [0.1, 0.15) is 36.8 Å². The molecule has 1 aromatic rings. The molecular formula is C18H28N2O. The maximum Gasteiger partial charge on any atom is 0.0681 e. The van der Waals surface area contributed by atoms with E-state index in [4.69, 9.17) is 0 Å². The first-order valence-corrected chi connectivity index (χ1v) is 8.30. The number of likely N-dealkylation sites (tertiary alicyclic amines) is 1. The fourth-order valence-electron chi connectivity index (χ4n) is 3.43. The molecule has 21 heavy (non-hydrogen) atoms. The average Bonchev–Trinajstić information content (AvgIpc) is 3.33. The second-order valence-electron chi connectivity index (χ2n) is 7.11. The van der Waals surface area contributed by atoms with E-state index in [1.54, 1.807) is 0 Å². The summed E-state index contributed by atoms with van der Waals surface area (Å²) in [6.45, 7) is 3.69. The average molecular weight is 288 g/mol. The second kappa shape index (κ2) is 6.47. The number of nitrogens with one attached hydrogen (secondary N) is 1. The van der Waals surface area contributed by atoms with Crippen molar-refractivity contribution in [1.82, 2.24) is 10.2 Å². The minimum atomic E-state index is 0.143. The van der Waals surface area contributed by atoms with Gasteiger partial charge in [-0.25, -0.2) is 0 Å². The van der Waals surface area contributed by atoms with Crippen molar-refractivity contribution in [2.75, 3.05) is 26.7 Å². The van der Waals surface area contributed by atoms with Crippen molar-refractivity contribution >= 4 is 0 Å². The molecule has 0 spiro atoms. The normalized spacial score (nSPS) is 22.4. The van der Waals surface area contributed by atoms with Crippen LogP contribution in [0.5, 0.6) is 0 Å². The highest BCUT2D eigenvalue weighted by atomic mass is 16.3. The summed E-state index contributed by atoms with van der Waals surface area (Å²) in [5, 5.41) is 13.1. The monoisotopic (exact) mass is 288 g/mol. The summed E-state index contributed by atoms with van der Waals surface area (Å²) >= 11 is 0. The molecule has 3 nitrogen and oxygen atoms in total. The lowest BCUT2D eigenvalue weighted by Crippen LogP contribution is -2.45. The first-order chi connectivity index (χ1) is 10.2. The van der Waals surface area contributed by atoms with E-state index in [0.717, 1.165) is 24.6 Å². The summed E-state index contributed by atoms with van der Waals surface area (Å²) in [5.41, 5.74) is 2.80. The smallest absolute Gasteiger partial charge is 0.0681 e. The molecule has 2 fully saturated rings. The van der Waals surface area contributed by atoms with Crippen LogP contribution in [-0.2, 0) is 13.0 Å². The van der Waals surface area contributed by atoms with Gasteiger partial charge in [0.15, 0.2) is 0 Å². The third-order valence-electron chi connectivity index (χ3n) is 5.14. The van der Waals surface area contributed by atoms with Gasteiger partial charge in [0, 0.05) is 12.6 Å². The highest BCUT2D eigenvalue weighted by molar-refractivity contribution is 5.24. The minimum Gasteiger partial charge on any atom is -0.392 e. The van der Waals surface area contributed by atoms with Crippen LogP contribution in [0.3, 0.4) is 0 Å². The van der Waals surface area contributed by atoms with Crippen molar-refractivity contribution in [2.45, 2.75) is 44.8 Å². The van der Waals surface area contributed by atoms with Crippen LogP contribution in [0.4, 0.5) is 0 Å². The third-order valence-corrected chi connectivity index (χ3v) is 5.14. The van der Waals surface area contributed by atoms with Gasteiger partial charge < -0.3 is 15.3 Å². The van der Waals surface area contributed by atoms with Crippen molar-refractivity contribution in [3.05, 3.63) is 35.4 Å². The summed E-state index contributed by atoms with van der Waals surface area (Å²) in [5.74, 6) is 0. The highest BCUT2D eigenvalue weighted by Gasteiger charge is 2.35. The zero-order valence-electron chi connectivity index (χ0n) is 13.1. The van der Waals surface area contributed by atoms with Gasteiger partial charge in [0.2, 0.25) is 0 Å². The molecule has 3 heteroatoms. The van der Waals surface area contributed by atoms with Gasteiger partial charge in [-0.1, -0.05) is 24.3 Å². The molecule has 0 aromatic heterocycles. The van der Waals surface area contributed by atoms with Gasteiger partial charge in [-0.05, 0) is 68.8 Å². The number of nitrogens with zero attached hydrogens (tertiary/aromatic N) is 1. The molecule has 0 amide bonds. The predicted molar refractivity (Wildman–Crippen MR) is 86.3 cm³/mol. The molecule has 116 valence electrons. The Bertz CT molecular complexity index is 462. The summed E-state index contributed by atoms with van der Waals surface area (Å²) in [6, 6.07) is 9.27. The van der Waals surface area contributed by atoms with E-state index in [9.17, 15) is 5.11 Å².